The molecule has 0 radical (unpaired) electrons. The van der Waals surface area contributed by atoms with E-state index in [4.69, 9.17) is 5.26 Å². The Bertz CT molecular complexity index is 736. The Morgan fingerprint density at radius 3 is 2.68 bits per heavy atom. The molecule has 0 unspecified atom stereocenters. The van der Waals surface area contributed by atoms with Gasteiger partial charge in [0.1, 0.15) is 11.6 Å². The molecule has 0 fully saturated rings. The van der Waals surface area contributed by atoms with Crippen molar-refractivity contribution in [1.82, 2.24) is 5.32 Å². The summed E-state index contributed by atoms with van der Waals surface area (Å²) in [6, 6.07) is 15.7. The Morgan fingerprint density at radius 1 is 1.23 bits per heavy atom. The monoisotopic (exact) mass is 293 g/mol. The van der Waals surface area contributed by atoms with Crippen LogP contribution in [0, 0.1) is 17.2 Å². The van der Waals surface area contributed by atoms with Crippen molar-refractivity contribution < 1.29 is 4.79 Å². The summed E-state index contributed by atoms with van der Waals surface area (Å²) >= 11 is 0. The second-order valence-corrected chi connectivity index (χ2v) is 5.44. The van der Waals surface area contributed by atoms with Gasteiger partial charge in [0, 0.05) is 23.8 Å². The normalized spacial score (nSPS) is 11.3. The number of nitrogens with one attached hydrogen (secondary N) is 2. The molecular weight excluding hydrogens is 274 g/mol. The van der Waals surface area contributed by atoms with Gasteiger partial charge in [0.25, 0.3) is 5.91 Å². The number of carbonyl (C=O) groups is 1. The lowest BCUT2D eigenvalue weighted by atomic mass is 10.1. The number of benzene rings is 2. The highest BCUT2D eigenvalue weighted by atomic mass is 16.1. The van der Waals surface area contributed by atoms with E-state index in [9.17, 15) is 4.79 Å². The van der Waals surface area contributed by atoms with Gasteiger partial charge in [-0.25, -0.2) is 0 Å². The lowest BCUT2D eigenvalue weighted by molar-refractivity contribution is -0.117. The molecule has 2 rings (SSSR count). The number of fused-ring (bicyclic) bond motifs is 1. The lowest BCUT2D eigenvalue weighted by Gasteiger charge is -2.08. The third-order valence-electron chi connectivity index (χ3n) is 3.20. The minimum atomic E-state index is -0.357. The van der Waals surface area contributed by atoms with Crippen molar-refractivity contribution in [1.29, 1.82) is 5.26 Å². The van der Waals surface area contributed by atoms with E-state index in [0.29, 0.717) is 12.5 Å². The van der Waals surface area contributed by atoms with Crippen molar-refractivity contribution >= 4 is 22.4 Å². The van der Waals surface area contributed by atoms with Crippen molar-refractivity contribution in [3.8, 4) is 6.07 Å². The molecule has 0 aromatic heterocycles. The number of hydrogen-bond acceptors (Lipinski definition) is 3. The molecule has 2 aromatic carbocycles. The zero-order valence-corrected chi connectivity index (χ0v) is 12.8. The maximum Gasteiger partial charge on any atom is 0.263 e. The molecule has 0 saturated carbocycles. The zero-order chi connectivity index (χ0) is 15.9. The molecule has 0 spiro atoms. The zero-order valence-electron chi connectivity index (χ0n) is 12.8. The lowest BCUT2D eigenvalue weighted by Crippen LogP contribution is -2.28. The third-order valence-corrected chi connectivity index (χ3v) is 3.20. The molecule has 4 heteroatoms. The number of carbonyl (C=O) groups excluding carboxylic acids is 1. The predicted octanol–water partition coefficient (Wildman–Crippen LogP) is 3.43. The third kappa shape index (κ3) is 3.86. The van der Waals surface area contributed by atoms with Gasteiger partial charge in [-0.3, -0.25) is 4.79 Å². The van der Waals surface area contributed by atoms with E-state index in [-0.39, 0.29) is 11.5 Å². The van der Waals surface area contributed by atoms with Gasteiger partial charge in [-0.2, -0.15) is 5.26 Å². The van der Waals surface area contributed by atoms with E-state index in [2.05, 4.69) is 10.6 Å². The molecule has 2 aromatic rings. The van der Waals surface area contributed by atoms with Crippen LogP contribution in [0.5, 0.6) is 0 Å². The summed E-state index contributed by atoms with van der Waals surface area (Å²) in [5.41, 5.74) is 0.927. The summed E-state index contributed by atoms with van der Waals surface area (Å²) in [5, 5.41) is 17.1. The van der Waals surface area contributed by atoms with Crippen LogP contribution < -0.4 is 10.6 Å². The predicted molar refractivity (Wildman–Crippen MR) is 89.1 cm³/mol. The number of anilines is 1. The van der Waals surface area contributed by atoms with Crippen LogP contribution in [0.3, 0.4) is 0 Å². The summed E-state index contributed by atoms with van der Waals surface area (Å²) in [7, 11) is 0. The van der Waals surface area contributed by atoms with Crippen molar-refractivity contribution in [2.75, 3.05) is 11.9 Å². The highest BCUT2D eigenvalue weighted by molar-refractivity contribution is 5.98. The van der Waals surface area contributed by atoms with Crippen molar-refractivity contribution in [2.24, 2.45) is 5.92 Å². The molecule has 0 saturated heterocycles. The summed E-state index contributed by atoms with van der Waals surface area (Å²) in [5.74, 6) is -0.0149. The Morgan fingerprint density at radius 2 is 1.95 bits per heavy atom. The van der Waals surface area contributed by atoms with Gasteiger partial charge in [-0.1, -0.05) is 50.2 Å². The van der Waals surface area contributed by atoms with Crippen molar-refractivity contribution in [3.63, 3.8) is 0 Å². The first kappa shape index (κ1) is 15.6. The maximum atomic E-state index is 11.9. The van der Waals surface area contributed by atoms with E-state index in [1.165, 1.54) is 6.20 Å². The van der Waals surface area contributed by atoms with Gasteiger partial charge in [0.2, 0.25) is 0 Å². The maximum absolute atomic E-state index is 11.9. The van der Waals surface area contributed by atoms with Crippen LogP contribution in [-0.2, 0) is 4.79 Å². The van der Waals surface area contributed by atoms with Crippen LogP contribution in [0.4, 0.5) is 5.69 Å². The average Bonchev–Trinajstić information content (AvgIpc) is 2.53. The van der Waals surface area contributed by atoms with Crippen LogP contribution in [0.15, 0.2) is 54.2 Å². The first-order valence-corrected chi connectivity index (χ1v) is 7.24. The number of nitriles is 1. The van der Waals surface area contributed by atoms with Gasteiger partial charge in [-0.05, 0) is 17.4 Å². The summed E-state index contributed by atoms with van der Waals surface area (Å²) < 4.78 is 0. The smallest absolute Gasteiger partial charge is 0.263 e. The molecule has 0 atom stereocenters. The molecule has 0 aliphatic rings. The van der Waals surface area contributed by atoms with Gasteiger partial charge in [0.15, 0.2) is 0 Å². The van der Waals surface area contributed by atoms with Gasteiger partial charge in [0.05, 0.1) is 0 Å². The topological polar surface area (TPSA) is 64.9 Å². The first-order valence-electron chi connectivity index (χ1n) is 7.24. The molecule has 4 nitrogen and oxygen atoms in total. The highest BCUT2D eigenvalue weighted by Gasteiger charge is 2.09. The molecule has 2 N–H and O–H groups in total. The molecular formula is C18H19N3O. The Balaban J connectivity index is 2.17. The minimum Gasteiger partial charge on any atom is -0.360 e. The molecule has 0 aliphatic heterocycles. The van der Waals surface area contributed by atoms with Crippen molar-refractivity contribution in [3.05, 3.63) is 54.2 Å². The molecule has 112 valence electrons. The van der Waals surface area contributed by atoms with Crippen LogP contribution >= 0.6 is 0 Å². The summed E-state index contributed by atoms with van der Waals surface area (Å²) in [6.07, 6.45) is 1.46. The Hall–Kier alpha value is -2.80. The highest BCUT2D eigenvalue weighted by Crippen LogP contribution is 2.23. The second-order valence-electron chi connectivity index (χ2n) is 5.44. The van der Waals surface area contributed by atoms with Crippen LogP contribution in [-0.4, -0.2) is 12.5 Å². The minimum absolute atomic E-state index is 0.0635. The number of rotatable bonds is 5. The van der Waals surface area contributed by atoms with E-state index >= 15 is 0 Å². The SMILES string of the molecule is CC(C)CNC(=O)/C(C#N)=C\Nc1cccc2ccccc12. The van der Waals surface area contributed by atoms with Crippen molar-refractivity contribution in [2.45, 2.75) is 13.8 Å². The van der Waals surface area contributed by atoms with E-state index < -0.39 is 0 Å². The number of amides is 1. The Kier molecular flexibility index (Phi) is 5.16. The van der Waals surface area contributed by atoms with Crippen LogP contribution in [0.1, 0.15) is 13.8 Å². The second kappa shape index (κ2) is 7.28. The van der Waals surface area contributed by atoms with Gasteiger partial charge in [-0.15, -0.1) is 0 Å². The van der Waals surface area contributed by atoms with Crippen LogP contribution in [0.25, 0.3) is 10.8 Å². The van der Waals surface area contributed by atoms with Gasteiger partial charge < -0.3 is 10.6 Å². The van der Waals surface area contributed by atoms with Gasteiger partial charge >= 0.3 is 0 Å². The largest absolute Gasteiger partial charge is 0.360 e. The first-order chi connectivity index (χ1) is 10.6. The standard InChI is InChI=1S/C18H19N3O/c1-13(2)11-21-18(22)15(10-19)12-20-17-9-5-7-14-6-3-4-8-16(14)17/h3-9,12-13,20H,11H2,1-2H3,(H,21,22)/b15-12-. The fourth-order valence-corrected chi connectivity index (χ4v) is 2.04. The quantitative estimate of drug-likeness (QED) is 0.655. The fraction of sp³-hybridized carbons (Fsp3) is 0.222. The number of hydrogen-bond donors (Lipinski definition) is 2. The molecule has 0 heterocycles. The fourth-order valence-electron chi connectivity index (χ4n) is 2.04. The summed E-state index contributed by atoms with van der Waals surface area (Å²) in [4.78, 5) is 11.9. The molecule has 0 aliphatic carbocycles. The van der Waals surface area contributed by atoms with Crippen LogP contribution in [0.2, 0.25) is 0 Å². The molecule has 0 bridgehead atoms. The average molecular weight is 293 g/mol. The molecule has 1 amide bonds. The van der Waals surface area contributed by atoms with E-state index in [1.807, 2.05) is 62.4 Å². The molecule has 22 heavy (non-hydrogen) atoms. The van der Waals surface area contributed by atoms with E-state index in [0.717, 1.165) is 16.5 Å². The van der Waals surface area contributed by atoms with E-state index in [1.54, 1.807) is 0 Å². The Labute approximate surface area is 130 Å². The number of nitrogens with zero attached hydrogens (tertiary/aromatic N) is 1. The summed E-state index contributed by atoms with van der Waals surface area (Å²) in [6.45, 7) is 4.56.